The third-order valence-corrected chi connectivity index (χ3v) is 6.99. The molecule has 1 aliphatic rings. The molecule has 1 fully saturated rings. The van der Waals surface area contributed by atoms with Crippen LogP contribution >= 0.6 is 0 Å². The Bertz CT molecular complexity index is 1370. The second-order valence-electron chi connectivity index (χ2n) is 10.00. The van der Waals surface area contributed by atoms with Gasteiger partial charge in [-0.25, -0.2) is 0 Å². The summed E-state index contributed by atoms with van der Waals surface area (Å²) >= 11 is 0. The van der Waals surface area contributed by atoms with E-state index in [1.165, 1.54) is 12.6 Å². The molecular weight excluding hydrogens is 518 g/mol. The number of pyridine rings is 1. The van der Waals surface area contributed by atoms with Gasteiger partial charge in [0.05, 0.1) is 6.61 Å². The molecule has 8 heteroatoms. The van der Waals surface area contributed by atoms with Gasteiger partial charge in [0, 0.05) is 68.3 Å². The molecule has 8 nitrogen and oxygen atoms in total. The number of aromatic nitrogens is 1. The lowest BCUT2D eigenvalue weighted by Gasteiger charge is -2.25. The number of aliphatic hydroxyl groups excluding tert-OH is 1. The number of rotatable bonds is 10. The molecule has 0 spiro atoms. The summed E-state index contributed by atoms with van der Waals surface area (Å²) in [5, 5.41) is 9.46. The standard InChI is InChI=1S/C33H35N3O5/c1-35(32(31(39)24-37)30(38)17-16-29-5-2-3-18-34-29)33(40)28-14-12-26(13-15-28)7-6-25-8-10-27(11-9-25)23-36-19-4-21-41-22-20-36/h2-3,5,8-15,18,32,37H,4,16-17,19-24H2,1H3. The van der Waals surface area contributed by atoms with Gasteiger partial charge in [-0.2, -0.15) is 0 Å². The molecule has 0 saturated carbocycles. The van der Waals surface area contributed by atoms with Crippen molar-refractivity contribution in [2.24, 2.45) is 0 Å². The van der Waals surface area contributed by atoms with Crippen molar-refractivity contribution in [1.82, 2.24) is 14.8 Å². The Hall–Kier alpha value is -4.16. The van der Waals surface area contributed by atoms with Gasteiger partial charge in [-0.05, 0) is 66.9 Å². The SMILES string of the molecule is CN(C(=O)c1ccc(C#Cc2ccc(CN3CCCOCC3)cc2)cc1)C(C(=O)CO)C(=O)CCc1ccccn1. The van der Waals surface area contributed by atoms with Crippen molar-refractivity contribution in [3.8, 4) is 11.8 Å². The zero-order chi connectivity index (χ0) is 29.0. The van der Waals surface area contributed by atoms with Gasteiger partial charge in [-0.3, -0.25) is 24.3 Å². The molecule has 1 saturated heterocycles. The van der Waals surface area contributed by atoms with Crippen LogP contribution < -0.4 is 0 Å². The van der Waals surface area contributed by atoms with Crippen LogP contribution in [-0.2, 0) is 27.3 Å². The fraction of sp³-hybridized carbons (Fsp3) is 0.333. The third-order valence-electron chi connectivity index (χ3n) is 6.99. The molecule has 3 aromatic rings. The summed E-state index contributed by atoms with van der Waals surface area (Å²) in [5.41, 5.74) is 3.88. The predicted octanol–water partition coefficient (Wildman–Crippen LogP) is 2.91. The van der Waals surface area contributed by atoms with Crippen molar-refractivity contribution in [1.29, 1.82) is 0 Å². The zero-order valence-electron chi connectivity index (χ0n) is 23.3. The number of carbonyl (C=O) groups is 3. The molecule has 0 bridgehead atoms. The molecule has 1 aliphatic heterocycles. The Kier molecular flexibility index (Phi) is 10.9. The van der Waals surface area contributed by atoms with Gasteiger partial charge in [0.1, 0.15) is 6.61 Å². The number of hydrogen-bond donors (Lipinski definition) is 1. The lowest BCUT2D eigenvalue weighted by atomic mass is 10.00. The first-order chi connectivity index (χ1) is 19.9. The van der Waals surface area contributed by atoms with E-state index in [1.54, 1.807) is 42.6 Å². The Balaban J connectivity index is 1.36. The van der Waals surface area contributed by atoms with Crippen molar-refractivity contribution < 1.29 is 24.2 Å². The Labute approximate surface area is 241 Å². The molecule has 0 radical (unpaired) electrons. The number of ketones is 2. The predicted molar refractivity (Wildman–Crippen MR) is 155 cm³/mol. The van der Waals surface area contributed by atoms with Crippen LogP contribution in [0.1, 0.15) is 45.6 Å². The van der Waals surface area contributed by atoms with Crippen LogP contribution in [0.2, 0.25) is 0 Å². The molecule has 1 unspecified atom stereocenters. The third kappa shape index (κ3) is 8.66. The molecular formula is C33H35N3O5. The maximum atomic E-state index is 13.2. The van der Waals surface area contributed by atoms with E-state index in [0.29, 0.717) is 17.7 Å². The summed E-state index contributed by atoms with van der Waals surface area (Å²) < 4.78 is 5.53. The number of benzene rings is 2. The van der Waals surface area contributed by atoms with Crippen LogP contribution in [0.3, 0.4) is 0 Å². The first-order valence-corrected chi connectivity index (χ1v) is 13.8. The highest BCUT2D eigenvalue weighted by Crippen LogP contribution is 2.14. The van der Waals surface area contributed by atoms with Crippen molar-refractivity contribution in [2.45, 2.75) is 31.8 Å². The Morgan fingerprint density at radius 1 is 0.951 bits per heavy atom. The van der Waals surface area contributed by atoms with Crippen LogP contribution in [-0.4, -0.2) is 83.4 Å². The van der Waals surface area contributed by atoms with E-state index < -0.39 is 30.1 Å². The molecule has 0 aliphatic carbocycles. The van der Waals surface area contributed by atoms with Gasteiger partial charge in [-0.15, -0.1) is 0 Å². The van der Waals surface area contributed by atoms with Gasteiger partial charge in [0.2, 0.25) is 0 Å². The Morgan fingerprint density at radius 3 is 2.32 bits per heavy atom. The molecule has 1 N–H and O–H groups in total. The number of Topliss-reactive ketones (excluding diaryl/α,β-unsaturated/α-hetero) is 2. The van der Waals surface area contributed by atoms with Crippen molar-refractivity contribution in [2.75, 3.05) is 40.0 Å². The van der Waals surface area contributed by atoms with Gasteiger partial charge in [0.25, 0.3) is 5.91 Å². The molecule has 1 atom stereocenters. The van der Waals surface area contributed by atoms with E-state index >= 15 is 0 Å². The van der Waals surface area contributed by atoms with Crippen LogP contribution in [0.4, 0.5) is 0 Å². The summed E-state index contributed by atoms with van der Waals surface area (Å²) in [6, 6.07) is 18.9. The van der Waals surface area contributed by atoms with Gasteiger partial charge >= 0.3 is 0 Å². The largest absolute Gasteiger partial charge is 0.388 e. The quantitative estimate of drug-likeness (QED) is 0.304. The maximum absolute atomic E-state index is 13.2. The van der Waals surface area contributed by atoms with Crippen molar-refractivity contribution in [3.05, 3.63) is 101 Å². The monoisotopic (exact) mass is 553 g/mol. The normalized spacial score (nSPS) is 14.3. The number of aryl methyl sites for hydroxylation is 1. The molecule has 2 heterocycles. The zero-order valence-corrected chi connectivity index (χ0v) is 23.3. The maximum Gasteiger partial charge on any atom is 0.254 e. The topological polar surface area (TPSA) is 100 Å². The highest BCUT2D eigenvalue weighted by molar-refractivity contribution is 6.10. The smallest absolute Gasteiger partial charge is 0.254 e. The Morgan fingerprint density at radius 2 is 1.66 bits per heavy atom. The van der Waals surface area contributed by atoms with Gasteiger partial charge < -0.3 is 14.7 Å². The number of ether oxygens (including phenoxy) is 1. The van der Waals surface area contributed by atoms with Crippen molar-refractivity contribution in [3.63, 3.8) is 0 Å². The fourth-order valence-electron chi connectivity index (χ4n) is 4.70. The molecule has 2 aromatic carbocycles. The highest BCUT2D eigenvalue weighted by Gasteiger charge is 2.32. The first kappa shape index (κ1) is 29.8. The minimum atomic E-state index is -1.37. The number of amides is 1. The van der Waals surface area contributed by atoms with Crippen LogP contribution in [0.15, 0.2) is 72.9 Å². The summed E-state index contributed by atoms with van der Waals surface area (Å²) in [6.07, 6.45) is 3.04. The molecule has 212 valence electrons. The summed E-state index contributed by atoms with van der Waals surface area (Å²) in [7, 11) is 1.40. The highest BCUT2D eigenvalue weighted by atomic mass is 16.5. The second-order valence-corrected chi connectivity index (χ2v) is 10.00. The summed E-state index contributed by atoms with van der Waals surface area (Å²) in [6.45, 7) is 3.64. The van der Waals surface area contributed by atoms with E-state index in [1.807, 2.05) is 18.2 Å². The van der Waals surface area contributed by atoms with Crippen LogP contribution in [0.5, 0.6) is 0 Å². The van der Waals surface area contributed by atoms with Gasteiger partial charge in [0.15, 0.2) is 17.6 Å². The van der Waals surface area contributed by atoms with E-state index in [0.717, 1.165) is 55.3 Å². The van der Waals surface area contributed by atoms with E-state index in [4.69, 9.17) is 4.74 Å². The van der Waals surface area contributed by atoms with E-state index in [2.05, 4.69) is 33.9 Å². The number of likely N-dealkylation sites (N-methyl/N-ethyl adjacent to an activating group) is 1. The summed E-state index contributed by atoms with van der Waals surface area (Å²) in [4.78, 5) is 46.2. The van der Waals surface area contributed by atoms with E-state index in [9.17, 15) is 19.5 Å². The number of aliphatic hydroxyl groups is 1. The minimum Gasteiger partial charge on any atom is -0.388 e. The fourth-order valence-corrected chi connectivity index (χ4v) is 4.70. The van der Waals surface area contributed by atoms with Crippen LogP contribution in [0.25, 0.3) is 0 Å². The van der Waals surface area contributed by atoms with Crippen LogP contribution in [0, 0.1) is 11.8 Å². The second kappa shape index (κ2) is 15.0. The molecule has 41 heavy (non-hydrogen) atoms. The molecule has 1 amide bonds. The minimum absolute atomic E-state index is 0.0216. The van der Waals surface area contributed by atoms with Crippen molar-refractivity contribution >= 4 is 17.5 Å². The van der Waals surface area contributed by atoms with E-state index in [-0.39, 0.29) is 6.42 Å². The van der Waals surface area contributed by atoms with Gasteiger partial charge in [-0.1, -0.05) is 30.0 Å². The lowest BCUT2D eigenvalue weighted by molar-refractivity contribution is -0.134. The number of hydrogen-bond acceptors (Lipinski definition) is 7. The average molecular weight is 554 g/mol. The summed E-state index contributed by atoms with van der Waals surface area (Å²) in [5.74, 6) is 4.61. The average Bonchev–Trinajstić information content (AvgIpc) is 3.28. The first-order valence-electron chi connectivity index (χ1n) is 13.8. The number of nitrogens with zero attached hydrogens (tertiary/aromatic N) is 3. The number of carbonyl (C=O) groups excluding carboxylic acids is 3. The lowest BCUT2D eigenvalue weighted by Crippen LogP contribution is -2.48. The molecule has 4 rings (SSSR count). The molecule has 1 aromatic heterocycles.